The van der Waals surface area contributed by atoms with Crippen molar-refractivity contribution in [3.05, 3.63) is 0 Å². The Bertz CT molecular complexity index is 210. The van der Waals surface area contributed by atoms with Crippen molar-refractivity contribution in [2.75, 3.05) is 0 Å². The van der Waals surface area contributed by atoms with Gasteiger partial charge in [0.25, 0.3) is 0 Å². The van der Waals surface area contributed by atoms with Crippen LogP contribution in [0.15, 0.2) is 0 Å². The molecule has 2 N–H and O–H groups in total. The van der Waals surface area contributed by atoms with E-state index in [4.69, 9.17) is 5.11 Å². The minimum Gasteiger partial charge on any atom is -0.479 e. The number of esters is 1. The molecule has 0 bridgehead atoms. The maximum atomic E-state index is 10.3. The van der Waals surface area contributed by atoms with Gasteiger partial charge in [-0.3, -0.25) is 5.32 Å². The van der Waals surface area contributed by atoms with Crippen LogP contribution in [-0.4, -0.2) is 29.2 Å². The second-order valence-corrected chi connectivity index (χ2v) is 1.62. The van der Waals surface area contributed by atoms with E-state index in [1.807, 2.05) is 0 Å². The molecule has 1 aliphatic rings. The van der Waals surface area contributed by atoms with Crippen molar-refractivity contribution in [2.45, 2.75) is 6.04 Å². The number of carbonyl (C=O) groups excluding carboxylic acids is 2. The maximum Gasteiger partial charge on any atom is 0.416 e. The molecule has 10 heavy (non-hydrogen) atoms. The van der Waals surface area contributed by atoms with Crippen LogP contribution < -0.4 is 5.32 Å². The number of amides is 1. The summed E-state index contributed by atoms with van der Waals surface area (Å²) in [6.07, 6.45) is -1.02. The molecule has 0 aliphatic carbocycles. The number of cyclic esters (lactones) is 2. The number of carboxylic acids is 1. The van der Waals surface area contributed by atoms with Gasteiger partial charge in [0.15, 0.2) is 0 Å². The summed E-state index contributed by atoms with van der Waals surface area (Å²) in [4.78, 5) is 30.5. The number of carboxylic acid groups (broad SMARTS) is 1. The number of alkyl carbamates (subject to hydrolysis) is 1. The molecule has 1 saturated heterocycles. The molecule has 1 aliphatic heterocycles. The SMILES string of the molecule is O=C1NC(C(=O)O)C(=O)O1. The fraction of sp³-hybridized carbons (Fsp3) is 0.250. The molecule has 1 amide bonds. The molecule has 0 aromatic carbocycles. The Labute approximate surface area is 54.8 Å². The van der Waals surface area contributed by atoms with Crippen LogP contribution in [0.5, 0.6) is 0 Å². The summed E-state index contributed by atoms with van der Waals surface area (Å²) in [6.45, 7) is 0. The van der Waals surface area contributed by atoms with Crippen molar-refractivity contribution >= 4 is 18.0 Å². The monoisotopic (exact) mass is 145 g/mol. The highest BCUT2D eigenvalue weighted by Gasteiger charge is 2.38. The molecule has 6 nitrogen and oxygen atoms in total. The fourth-order valence-corrected chi connectivity index (χ4v) is 0.519. The van der Waals surface area contributed by atoms with Crippen LogP contribution in [0, 0.1) is 0 Å². The number of rotatable bonds is 1. The Hall–Kier alpha value is -1.59. The Kier molecular flexibility index (Phi) is 1.29. The van der Waals surface area contributed by atoms with E-state index in [9.17, 15) is 14.4 Å². The molecular formula is C4H3NO5. The van der Waals surface area contributed by atoms with E-state index in [1.54, 1.807) is 5.32 Å². The molecule has 54 valence electrons. The molecule has 0 aromatic rings. The molecule has 0 saturated carbocycles. The first kappa shape index (κ1) is 6.53. The van der Waals surface area contributed by atoms with E-state index < -0.39 is 24.1 Å². The van der Waals surface area contributed by atoms with E-state index in [0.29, 0.717) is 0 Å². The number of aliphatic carboxylic acids is 1. The van der Waals surface area contributed by atoms with Gasteiger partial charge in [0.2, 0.25) is 6.04 Å². The van der Waals surface area contributed by atoms with Gasteiger partial charge in [-0.1, -0.05) is 0 Å². The van der Waals surface area contributed by atoms with Crippen molar-refractivity contribution in [3.8, 4) is 0 Å². The zero-order chi connectivity index (χ0) is 7.72. The van der Waals surface area contributed by atoms with E-state index in [0.717, 1.165) is 0 Å². The Morgan fingerprint density at radius 1 is 1.60 bits per heavy atom. The third kappa shape index (κ3) is 0.903. The molecule has 0 spiro atoms. The van der Waals surface area contributed by atoms with Crippen LogP contribution >= 0.6 is 0 Å². The number of carbonyl (C=O) groups is 3. The number of hydrogen-bond acceptors (Lipinski definition) is 4. The van der Waals surface area contributed by atoms with Gasteiger partial charge in [-0.2, -0.15) is 0 Å². The molecular weight excluding hydrogens is 142 g/mol. The Balaban J connectivity index is 2.72. The van der Waals surface area contributed by atoms with Crippen LogP contribution in [0.25, 0.3) is 0 Å². The second kappa shape index (κ2) is 1.98. The lowest BCUT2D eigenvalue weighted by Crippen LogP contribution is -2.36. The van der Waals surface area contributed by atoms with Crippen molar-refractivity contribution < 1.29 is 24.2 Å². The zero-order valence-corrected chi connectivity index (χ0v) is 4.66. The van der Waals surface area contributed by atoms with Crippen LogP contribution in [0.1, 0.15) is 0 Å². The summed E-state index contributed by atoms with van der Waals surface area (Å²) < 4.78 is 3.87. The third-order valence-electron chi connectivity index (χ3n) is 0.938. The molecule has 0 aromatic heterocycles. The van der Waals surface area contributed by atoms with Gasteiger partial charge in [0, 0.05) is 0 Å². The van der Waals surface area contributed by atoms with Crippen LogP contribution in [0.2, 0.25) is 0 Å². The average Bonchev–Trinajstić information content (AvgIpc) is 2.10. The van der Waals surface area contributed by atoms with Gasteiger partial charge in [0.05, 0.1) is 0 Å². The highest BCUT2D eigenvalue weighted by atomic mass is 16.6. The summed E-state index contributed by atoms with van der Waals surface area (Å²) in [5, 5.41) is 9.98. The van der Waals surface area contributed by atoms with Gasteiger partial charge >= 0.3 is 18.0 Å². The predicted molar refractivity (Wildman–Crippen MR) is 26.0 cm³/mol. The standard InChI is InChI=1S/C4H3NO5/c6-2(7)1-3(8)10-4(9)5-1/h1H,(H,5,9)(H,6,7). The topological polar surface area (TPSA) is 92.7 Å². The summed E-state index contributed by atoms with van der Waals surface area (Å²) in [6, 6.07) is -1.53. The van der Waals surface area contributed by atoms with Crippen molar-refractivity contribution in [2.24, 2.45) is 0 Å². The molecule has 0 radical (unpaired) electrons. The quantitative estimate of drug-likeness (QED) is 0.353. The summed E-state index contributed by atoms with van der Waals surface area (Å²) >= 11 is 0. The molecule has 1 heterocycles. The van der Waals surface area contributed by atoms with Gasteiger partial charge in [-0.25, -0.2) is 14.4 Å². The van der Waals surface area contributed by atoms with E-state index in [1.165, 1.54) is 0 Å². The fourth-order valence-electron chi connectivity index (χ4n) is 0.519. The van der Waals surface area contributed by atoms with Crippen molar-refractivity contribution in [1.82, 2.24) is 5.32 Å². The molecule has 1 fully saturated rings. The molecule has 1 rings (SSSR count). The first-order valence-electron chi connectivity index (χ1n) is 2.36. The second-order valence-electron chi connectivity index (χ2n) is 1.62. The lowest BCUT2D eigenvalue weighted by molar-refractivity contribution is -0.146. The summed E-state index contributed by atoms with van der Waals surface area (Å²) in [5.74, 6) is -2.49. The van der Waals surface area contributed by atoms with Crippen LogP contribution in [0.4, 0.5) is 4.79 Å². The number of ether oxygens (including phenoxy) is 1. The smallest absolute Gasteiger partial charge is 0.416 e. The minimum absolute atomic E-state index is 1.02. The first-order chi connectivity index (χ1) is 4.61. The normalized spacial score (nSPS) is 23.8. The van der Waals surface area contributed by atoms with Crippen molar-refractivity contribution in [1.29, 1.82) is 0 Å². The Morgan fingerprint density at radius 3 is 2.40 bits per heavy atom. The van der Waals surface area contributed by atoms with Crippen LogP contribution in [0.3, 0.4) is 0 Å². The van der Waals surface area contributed by atoms with Gasteiger partial charge in [-0.15, -0.1) is 0 Å². The van der Waals surface area contributed by atoms with Gasteiger partial charge in [0.1, 0.15) is 0 Å². The molecule has 1 atom stereocenters. The highest BCUT2D eigenvalue weighted by molar-refractivity contribution is 6.08. The van der Waals surface area contributed by atoms with Gasteiger partial charge in [-0.05, 0) is 0 Å². The van der Waals surface area contributed by atoms with E-state index >= 15 is 0 Å². The summed E-state index contributed by atoms with van der Waals surface area (Å²) in [5.41, 5.74) is 0. The molecule has 1 unspecified atom stereocenters. The lowest BCUT2D eigenvalue weighted by atomic mass is 10.3. The maximum absolute atomic E-state index is 10.3. The Morgan fingerprint density at radius 2 is 2.20 bits per heavy atom. The third-order valence-corrected chi connectivity index (χ3v) is 0.938. The van der Waals surface area contributed by atoms with E-state index in [2.05, 4.69) is 4.74 Å². The lowest BCUT2D eigenvalue weighted by Gasteiger charge is -1.93. The van der Waals surface area contributed by atoms with E-state index in [-0.39, 0.29) is 0 Å². The zero-order valence-electron chi connectivity index (χ0n) is 4.66. The average molecular weight is 145 g/mol. The number of hydrogen-bond donors (Lipinski definition) is 2. The van der Waals surface area contributed by atoms with Crippen molar-refractivity contribution in [3.63, 3.8) is 0 Å². The highest BCUT2D eigenvalue weighted by Crippen LogP contribution is 1.98. The first-order valence-corrected chi connectivity index (χ1v) is 2.36. The predicted octanol–water partition coefficient (Wildman–Crippen LogP) is -1.29. The van der Waals surface area contributed by atoms with Gasteiger partial charge < -0.3 is 9.84 Å². The summed E-state index contributed by atoms with van der Waals surface area (Å²) in [7, 11) is 0. The molecule has 6 heteroatoms. The largest absolute Gasteiger partial charge is 0.479 e. The number of nitrogens with one attached hydrogen (secondary N) is 1. The van der Waals surface area contributed by atoms with Crippen LogP contribution in [-0.2, 0) is 14.3 Å². The minimum atomic E-state index is -1.53.